The number of carbonyl (C=O) groups is 8. The first-order chi connectivity index (χ1) is 52.3. The Kier molecular flexibility index (Phi) is 26.9. The summed E-state index contributed by atoms with van der Waals surface area (Å²) in [6, 6.07) is 17.1. The van der Waals surface area contributed by atoms with E-state index in [0.29, 0.717) is 111 Å². The zero-order valence-electron chi connectivity index (χ0n) is 63.7. The Morgan fingerprint density at radius 1 is 0.700 bits per heavy atom. The molecule has 5 aliphatic rings. The molecule has 6 heterocycles. The number of ketones is 2. The smallest absolute Gasteiger partial charge is 0.306 e. The number of carbonyl (C=O) groups excluding carboxylic acids is 7. The first kappa shape index (κ1) is 82.9. The zero-order valence-corrected chi connectivity index (χ0v) is 65.3. The molecule has 11 N–H and O–H groups in total. The molecule has 5 aliphatic heterocycles. The Hall–Kier alpha value is -9.55. The largest absolute Gasteiger partial charge is 0.481 e. The number of unbranched alkanes of at least 4 members (excludes halogenated alkanes) is 3. The number of nitrogens with zero attached hydrogens (tertiary/aromatic N) is 6. The fraction of sp³-hybridized carbons (Fsp3) is 0.494. The van der Waals surface area contributed by atoms with Gasteiger partial charge in [0.2, 0.25) is 35.2 Å². The number of fused-ring (bicyclic) bond motifs is 6. The SMILES string of the molecule is CCCC[N+]1=C(/C=C/C(=C/C=C2/N(CCC)c3ccc4ccc(S(=O)(=O)O)cc4c3C2(C)C)c2ccc(C(=O)CCCCC[C@H](CC(=O)CCCNC(=O)[C@@H]3CCCN3C(=O)[C@@H]3CCCN3C(=O)[C@H](CCCNC(=N)N)NC(=O)[C@@H]3CCCN3C(=O)CN)C(=O)O)cn2)C(C)(C)c2c1ccc1ccc(S(=O)(=O)O)cc21. The molecular formula is C81H105N12O15S2+. The Bertz CT molecular complexity index is 4760. The highest BCUT2D eigenvalue weighted by Gasteiger charge is 2.48. The number of likely N-dealkylation sites (tertiary alicyclic amines) is 3. The molecule has 0 radical (unpaired) electrons. The molecule has 110 heavy (non-hydrogen) atoms. The van der Waals surface area contributed by atoms with Crippen LogP contribution >= 0.6 is 0 Å². The normalized spacial score (nSPS) is 19.2. The molecule has 3 saturated heterocycles. The molecule has 0 unspecified atom stereocenters. The molecule has 29 heteroatoms. The highest BCUT2D eigenvalue weighted by atomic mass is 32.2. The first-order valence-corrected chi connectivity index (χ1v) is 41.3. The van der Waals surface area contributed by atoms with E-state index in [1.807, 2.05) is 42.5 Å². The van der Waals surface area contributed by atoms with Crippen LogP contribution in [0.25, 0.3) is 27.1 Å². The van der Waals surface area contributed by atoms with Crippen molar-refractivity contribution in [2.24, 2.45) is 17.4 Å². The number of allylic oxidation sites excluding steroid dienone is 6. The molecule has 0 bridgehead atoms. The summed E-state index contributed by atoms with van der Waals surface area (Å²) < 4.78 is 72.6. The summed E-state index contributed by atoms with van der Waals surface area (Å²) >= 11 is 0. The number of carboxylic acids is 1. The van der Waals surface area contributed by atoms with Crippen LogP contribution in [0.3, 0.4) is 0 Å². The van der Waals surface area contributed by atoms with E-state index in [2.05, 4.69) is 73.0 Å². The van der Waals surface area contributed by atoms with Crippen molar-refractivity contribution in [2.75, 3.05) is 57.3 Å². The first-order valence-electron chi connectivity index (χ1n) is 38.4. The molecule has 27 nitrogen and oxygen atoms in total. The minimum Gasteiger partial charge on any atom is -0.481 e. The summed E-state index contributed by atoms with van der Waals surface area (Å²) in [6.45, 7) is 14.8. The maximum atomic E-state index is 14.4. The van der Waals surface area contributed by atoms with Gasteiger partial charge in [-0.1, -0.05) is 71.2 Å². The van der Waals surface area contributed by atoms with Crippen LogP contribution in [0.15, 0.2) is 119 Å². The number of aliphatic carboxylic acids is 1. The lowest BCUT2D eigenvalue weighted by Gasteiger charge is -2.33. The number of pyridine rings is 1. The minimum absolute atomic E-state index is 0.00694. The molecule has 5 amide bonds. The maximum Gasteiger partial charge on any atom is 0.306 e. The van der Waals surface area contributed by atoms with Crippen molar-refractivity contribution >= 4 is 117 Å². The van der Waals surface area contributed by atoms with E-state index in [4.69, 9.17) is 21.9 Å². The molecule has 0 spiro atoms. The fourth-order valence-corrected chi connectivity index (χ4v) is 17.6. The number of carboxylic acid groups (broad SMARTS) is 1. The van der Waals surface area contributed by atoms with Gasteiger partial charge in [-0.15, -0.1) is 0 Å². The quantitative estimate of drug-likeness (QED) is 0.00347. The number of rotatable bonds is 35. The van der Waals surface area contributed by atoms with Gasteiger partial charge in [-0.3, -0.25) is 57.9 Å². The Morgan fingerprint density at radius 2 is 1.33 bits per heavy atom. The number of nitrogens with two attached hydrogens (primary N) is 2. The molecule has 10 rings (SSSR count). The zero-order chi connectivity index (χ0) is 79.6. The van der Waals surface area contributed by atoms with Crippen molar-refractivity contribution in [1.82, 2.24) is 35.6 Å². The predicted octanol–water partition coefficient (Wildman–Crippen LogP) is 9.16. The van der Waals surface area contributed by atoms with Gasteiger partial charge in [0.05, 0.1) is 33.4 Å². The predicted molar refractivity (Wildman–Crippen MR) is 420 cm³/mol. The second kappa shape index (κ2) is 35.6. The third kappa shape index (κ3) is 18.7. The average molecular weight is 1550 g/mol. The molecule has 590 valence electrons. The van der Waals surface area contributed by atoms with Crippen LogP contribution in [0.2, 0.25) is 0 Å². The van der Waals surface area contributed by atoms with Gasteiger partial charge in [0.1, 0.15) is 36.5 Å². The maximum absolute atomic E-state index is 14.4. The van der Waals surface area contributed by atoms with Crippen LogP contribution < -0.4 is 32.3 Å². The van der Waals surface area contributed by atoms with Crippen molar-refractivity contribution < 1.29 is 74.0 Å². The van der Waals surface area contributed by atoms with Gasteiger partial charge >= 0.3 is 5.97 Å². The summed E-state index contributed by atoms with van der Waals surface area (Å²) in [5, 5.41) is 29.1. The lowest BCUT2D eigenvalue weighted by atomic mass is 9.79. The number of nitrogens with one attached hydrogen (secondary N) is 4. The summed E-state index contributed by atoms with van der Waals surface area (Å²) in [6.07, 6.45) is 17.2. The van der Waals surface area contributed by atoms with Gasteiger partial charge in [-0.25, -0.2) is 0 Å². The summed E-state index contributed by atoms with van der Waals surface area (Å²) in [7, 11) is -9.05. The lowest BCUT2D eigenvalue weighted by Crippen LogP contribution is -2.58. The molecule has 4 aromatic carbocycles. The molecule has 5 atom stereocenters. The van der Waals surface area contributed by atoms with Gasteiger partial charge in [0.15, 0.2) is 17.5 Å². The monoisotopic (exact) mass is 1550 g/mol. The van der Waals surface area contributed by atoms with Gasteiger partial charge < -0.3 is 52.1 Å². The highest BCUT2D eigenvalue weighted by molar-refractivity contribution is 7.86. The molecular weight excluding hydrogens is 1450 g/mol. The summed E-state index contributed by atoms with van der Waals surface area (Å²) in [5.41, 5.74) is 16.8. The number of anilines is 1. The van der Waals surface area contributed by atoms with Crippen LogP contribution in [0, 0.1) is 11.3 Å². The van der Waals surface area contributed by atoms with Crippen LogP contribution in [0.4, 0.5) is 11.4 Å². The van der Waals surface area contributed by atoms with Crippen molar-refractivity contribution in [3.63, 3.8) is 0 Å². The van der Waals surface area contributed by atoms with E-state index in [0.717, 1.165) is 63.9 Å². The van der Waals surface area contributed by atoms with E-state index in [1.165, 1.54) is 39.0 Å². The standard InChI is InChI=1S/C81H104N12O15S2/c1-7-9-42-90-64-36-29-52-26-33-58(110(106,107)108)48-60(52)73(64)81(5,6)70(90)38-31-53(30-37-69-80(3,4)72-59-47-57(109(103,104)105)32-25-51(59)28-35-63(72)89(69)41-8-2)61-34-27-55(50-87-61)68(95)24-12-10-11-18-54(78(101)102)46-56(94)19-13-39-85-74(97)65-21-16-44-92(65)77(100)67-23-17-45-93(67)76(99)62(20-14-40-86-79(83)84)88-75(98)66-22-15-43-91(66)71(96)49-82/h25-38,47-48,50,54,62,65-67H,7-24,39-46,49,82H2,1-6H3,(H8-,83,84,85,86,88,97,98,101,102,103,104,105,106,107,108)/p+1/t54-,62+,65+,66+,67+/m1/s1. The van der Waals surface area contributed by atoms with Crippen LogP contribution in [0.5, 0.6) is 0 Å². The topological polar surface area (TPSA) is 406 Å². The number of hydrogen-bond donors (Lipinski definition) is 9. The van der Waals surface area contributed by atoms with E-state index in [9.17, 15) is 69.4 Å². The van der Waals surface area contributed by atoms with E-state index >= 15 is 0 Å². The average Bonchev–Trinajstić information content (AvgIpc) is 1.57. The molecule has 0 aliphatic carbocycles. The fourth-order valence-electron chi connectivity index (χ4n) is 16.6. The van der Waals surface area contributed by atoms with Gasteiger partial charge in [0.25, 0.3) is 20.2 Å². The van der Waals surface area contributed by atoms with Gasteiger partial charge in [0, 0.05) is 117 Å². The second-order valence-electron chi connectivity index (χ2n) is 30.4. The highest BCUT2D eigenvalue weighted by Crippen LogP contribution is 2.52. The minimum atomic E-state index is -4.53. The molecule has 3 fully saturated rings. The number of benzene rings is 4. The number of Topliss-reactive ketones (excluding diaryl/α,β-unsaturated/α-hetero) is 2. The van der Waals surface area contributed by atoms with Crippen molar-refractivity contribution in [2.45, 2.75) is 208 Å². The Morgan fingerprint density at radius 3 is 1.95 bits per heavy atom. The van der Waals surface area contributed by atoms with E-state index < -0.39 is 84.8 Å². The third-order valence-corrected chi connectivity index (χ3v) is 23.9. The number of hydrogen-bond acceptors (Lipinski definition) is 16. The molecule has 1 aromatic heterocycles. The molecule has 0 saturated carbocycles. The Labute approximate surface area is 643 Å². The second-order valence-corrected chi connectivity index (χ2v) is 33.3. The van der Waals surface area contributed by atoms with E-state index in [-0.39, 0.29) is 110 Å². The third-order valence-electron chi connectivity index (χ3n) is 22.2. The van der Waals surface area contributed by atoms with Crippen LogP contribution in [-0.4, -0.2) is 191 Å². The van der Waals surface area contributed by atoms with Crippen molar-refractivity contribution in [3.8, 4) is 0 Å². The van der Waals surface area contributed by atoms with Gasteiger partial charge in [-0.05, 0) is 179 Å². The Balaban J connectivity index is 0.763. The van der Waals surface area contributed by atoms with Crippen LogP contribution in [0.1, 0.15) is 191 Å². The van der Waals surface area contributed by atoms with Crippen LogP contribution in [-0.2, 0) is 64.6 Å². The molecule has 5 aromatic rings. The summed E-state index contributed by atoms with van der Waals surface area (Å²) in [4.78, 5) is 119. The summed E-state index contributed by atoms with van der Waals surface area (Å²) in [5.74, 6) is -4.94. The number of guanidine groups is 1. The van der Waals surface area contributed by atoms with E-state index in [1.54, 1.807) is 30.5 Å². The number of amides is 5. The van der Waals surface area contributed by atoms with Crippen molar-refractivity contribution in [1.29, 1.82) is 5.41 Å². The number of aromatic nitrogens is 1. The van der Waals surface area contributed by atoms with Crippen molar-refractivity contribution in [3.05, 3.63) is 131 Å². The van der Waals surface area contributed by atoms with Gasteiger partial charge in [-0.2, -0.15) is 21.4 Å². The lowest BCUT2D eigenvalue weighted by molar-refractivity contribution is -0.438.